The number of H-pyrrole nitrogens is 1. The highest BCUT2D eigenvalue weighted by molar-refractivity contribution is 7.91. The molecule has 0 atom stereocenters. The molecule has 4 rings (SSSR count). The summed E-state index contributed by atoms with van der Waals surface area (Å²) >= 11 is 0. The van der Waals surface area contributed by atoms with E-state index in [0.29, 0.717) is 22.9 Å². The number of nitrogens with one attached hydrogen (secondary N) is 1. The van der Waals surface area contributed by atoms with Gasteiger partial charge in [-0.15, -0.1) is 10.2 Å². The van der Waals surface area contributed by atoms with E-state index < -0.39 is 9.84 Å². The molecular weight excluding hydrogens is 292 g/mol. The summed E-state index contributed by atoms with van der Waals surface area (Å²) in [6, 6.07) is 11.3. The Morgan fingerprint density at radius 2 is 1.81 bits per heavy atom. The molecule has 0 unspecified atom stereocenters. The number of hydrogen-bond donors (Lipinski definition) is 1. The molecule has 0 fully saturated rings. The SMILES string of the molecule is O=S1(=O)c2ccccc2Oc2ccc(-c3nn[nH]n3)cc21. The molecule has 0 amide bonds. The van der Waals surface area contributed by atoms with Crippen LogP contribution in [0.5, 0.6) is 11.5 Å². The van der Waals surface area contributed by atoms with Crippen molar-refractivity contribution in [2.75, 3.05) is 0 Å². The van der Waals surface area contributed by atoms with Crippen LogP contribution in [0.15, 0.2) is 52.3 Å². The van der Waals surface area contributed by atoms with Gasteiger partial charge in [-0.25, -0.2) is 8.42 Å². The third-order valence-corrected chi connectivity index (χ3v) is 5.01. The fourth-order valence-electron chi connectivity index (χ4n) is 2.22. The number of ether oxygens (including phenoxy) is 1. The van der Waals surface area contributed by atoms with Gasteiger partial charge < -0.3 is 4.74 Å². The second-order valence-corrected chi connectivity index (χ2v) is 6.34. The first kappa shape index (κ1) is 12.0. The summed E-state index contributed by atoms with van der Waals surface area (Å²) in [7, 11) is -3.63. The number of sulfone groups is 1. The number of hydrogen-bond acceptors (Lipinski definition) is 6. The summed E-state index contributed by atoms with van der Waals surface area (Å²) in [6.45, 7) is 0. The van der Waals surface area contributed by atoms with E-state index in [-0.39, 0.29) is 9.79 Å². The van der Waals surface area contributed by atoms with Crippen LogP contribution in [0.3, 0.4) is 0 Å². The Hall–Kier alpha value is -2.74. The lowest BCUT2D eigenvalue weighted by molar-refractivity contribution is 0.443. The van der Waals surface area contributed by atoms with Gasteiger partial charge in [0.2, 0.25) is 15.7 Å². The van der Waals surface area contributed by atoms with Gasteiger partial charge in [0.25, 0.3) is 0 Å². The fraction of sp³-hybridized carbons (Fsp3) is 0. The molecule has 0 saturated carbocycles. The summed E-state index contributed by atoms with van der Waals surface area (Å²) in [4.78, 5) is 0.256. The number of benzene rings is 2. The zero-order valence-corrected chi connectivity index (χ0v) is 11.3. The highest BCUT2D eigenvalue weighted by atomic mass is 32.2. The second kappa shape index (κ2) is 4.13. The van der Waals surface area contributed by atoms with Gasteiger partial charge in [-0.05, 0) is 35.5 Å². The molecule has 1 N–H and O–H groups in total. The van der Waals surface area contributed by atoms with E-state index in [1.54, 1.807) is 30.3 Å². The number of aromatic nitrogens is 4. The van der Waals surface area contributed by atoms with E-state index in [2.05, 4.69) is 20.6 Å². The van der Waals surface area contributed by atoms with Crippen molar-refractivity contribution in [2.24, 2.45) is 0 Å². The minimum absolute atomic E-state index is 0.100. The number of rotatable bonds is 1. The highest BCUT2D eigenvalue weighted by Gasteiger charge is 2.31. The molecule has 0 radical (unpaired) electrons. The summed E-state index contributed by atoms with van der Waals surface area (Å²) in [5.74, 6) is 0.949. The molecule has 0 spiro atoms. The Bertz CT molecular complexity index is 936. The quantitative estimate of drug-likeness (QED) is 0.575. The van der Waals surface area contributed by atoms with Crippen LogP contribution < -0.4 is 4.74 Å². The molecule has 0 saturated heterocycles. The Morgan fingerprint density at radius 3 is 2.62 bits per heavy atom. The van der Waals surface area contributed by atoms with Crippen LogP contribution in [-0.4, -0.2) is 29.0 Å². The van der Waals surface area contributed by atoms with Crippen molar-refractivity contribution < 1.29 is 13.2 Å². The van der Waals surface area contributed by atoms with Gasteiger partial charge in [0.1, 0.15) is 21.3 Å². The topological polar surface area (TPSA) is 97.8 Å². The maximum Gasteiger partial charge on any atom is 0.213 e. The Kier molecular flexibility index (Phi) is 2.36. The summed E-state index contributed by atoms with van der Waals surface area (Å²) in [5.41, 5.74) is 0.550. The number of nitrogens with zero attached hydrogens (tertiary/aromatic N) is 3. The summed E-state index contributed by atoms with van der Waals surface area (Å²) in [5, 5.41) is 13.5. The molecule has 7 nitrogen and oxygen atoms in total. The lowest BCUT2D eigenvalue weighted by atomic mass is 10.2. The lowest BCUT2D eigenvalue weighted by Crippen LogP contribution is -2.11. The molecule has 8 heteroatoms. The normalized spacial score (nSPS) is 14.9. The fourth-order valence-corrected chi connectivity index (χ4v) is 3.74. The number of para-hydroxylation sites is 1. The monoisotopic (exact) mass is 300 g/mol. The smallest absolute Gasteiger partial charge is 0.213 e. The van der Waals surface area contributed by atoms with Crippen molar-refractivity contribution in [1.29, 1.82) is 0 Å². The minimum atomic E-state index is -3.63. The molecule has 0 aliphatic carbocycles. The molecule has 1 aromatic heterocycles. The molecule has 2 heterocycles. The summed E-state index contributed by atoms with van der Waals surface area (Å²) in [6.07, 6.45) is 0. The van der Waals surface area contributed by atoms with Gasteiger partial charge in [-0.3, -0.25) is 0 Å². The molecule has 0 bridgehead atoms. The molecule has 2 aromatic carbocycles. The highest BCUT2D eigenvalue weighted by Crippen LogP contribution is 2.43. The molecule has 21 heavy (non-hydrogen) atoms. The van der Waals surface area contributed by atoms with E-state index >= 15 is 0 Å². The van der Waals surface area contributed by atoms with Crippen LogP contribution >= 0.6 is 0 Å². The molecule has 1 aliphatic rings. The molecule has 104 valence electrons. The molecule has 1 aliphatic heterocycles. The average Bonchev–Trinajstić information content (AvgIpc) is 3.01. The van der Waals surface area contributed by atoms with E-state index in [1.165, 1.54) is 12.1 Å². The predicted molar refractivity (Wildman–Crippen MR) is 71.6 cm³/mol. The Balaban J connectivity index is 1.95. The largest absolute Gasteiger partial charge is 0.455 e. The maximum atomic E-state index is 12.7. The number of fused-ring (bicyclic) bond motifs is 2. The van der Waals surface area contributed by atoms with Gasteiger partial charge in [0, 0.05) is 5.56 Å². The zero-order valence-electron chi connectivity index (χ0n) is 10.5. The van der Waals surface area contributed by atoms with E-state index in [4.69, 9.17) is 4.74 Å². The standard InChI is InChI=1S/C13H8N4O3S/c18-21(19)11-4-2-1-3-9(11)20-10-6-5-8(7-12(10)21)13-14-16-17-15-13/h1-7H,(H,14,15,16,17). The number of tetrazole rings is 1. The molecule has 3 aromatic rings. The van der Waals surface area contributed by atoms with Gasteiger partial charge in [0.05, 0.1) is 0 Å². The summed E-state index contributed by atoms with van der Waals surface area (Å²) < 4.78 is 31.0. The van der Waals surface area contributed by atoms with Crippen LogP contribution in [0.25, 0.3) is 11.4 Å². The van der Waals surface area contributed by atoms with Crippen molar-refractivity contribution in [3.8, 4) is 22.9 Å². The number of aromatic amines is 1. The van der Waals surface area contributed by atoms with E-state index in [0.717, 1.165) is 0 Å². The van der Waals surface area contributed by atoms with Crippen LogP contribution in [0.4, 0.5) is 0 Å². The first-order valence-corrected chi connectivity index (χ1v) is 7.54. The van der Waals surface area contributed by atoms with Gasteiger partial charge in [-0.1, -0.05) is 12.1 Å². The maximum absolute atomic E-state index is 12.7. The van der Waals surface area contributed by atoms with Gasteiger partial charge >= 0.3 is 0 Å². The third-order valence-electron chi connectivity index (χ3n) is 3.20. The van der Waals surface area contributed by atoms with Gasteiger partial charge in [-0.2, -0.15) is 5.21 Å². The predicted octanol–water partition coefficient (Wildman–Crippen LogP) is 1.81. The second-order valence-electron chi connectivity index (χ2n) is 4.45. The lowest BCUT2D eigenvalue weighted by Gasteiger charge is -2.20. The van der Waals surface area contributed by atoms with Crippen LogP contribution in [0, 0.1) is 0 Å². The zero-order chi connectivity index (χ0) is 14.4. The van der Waals surface area contributed by atoms with Gasteiger partial charge in [0.15, 0.2) is 0 Å². The Morgan fingerprint density at radius 1 is 1.00 bits per heavy atom. The minimum Gasteiger partial charge on any atom is -0.455 e. The van der Waals surface area contributed by atoms with Crippen molar-refractivity contribution in [1.82, 2.24) is 20.6 Å². The van der Waals surface area contributed by atoms with Crippen LogP contribution in [-0.2, 0) is 9.84 Å². The van der Waals surface area contributed by atoms with E-state index in [9.17, 15) is 8.42 Å². The van der Waals surface area contributed by atoms with Crippen molar-refractivity contribution >= 4 is 9.84 Å². The first-order valence-electron chi connectivity index (χ1n) is 6.06. The van der Waals surface area contributed by atoms with Crippen molar-refractivity contribution in [3.63, 3.8) is 0 Å². The average molecular weight is 300 g/mol. The van der Waals surface area contributed by atoms with E-state index in [1.807, 2.05) is 0 Å². The van der Waals surface area contributed by atoms with Crippen molar-refractivity contribution in [3.05, 3.63) is 42.5 Å². The molecular formula is C13H8N4O3S. The first-order chi connectivity index (χ1) is 10.2. The third kappa shape index (κ3) is 1.73. The van der Waals surface area contributed by atoms with Crippen molar-refractivity contribution in [2.45, 2.75) is 9.79 Å². The van der Waals surface area contributed by atoms with Crippen LogP contribution in [0.1, 0.15) is 0 Å². The van der Waals surface area contributed by atoms with Crippen LogP contribution in [0.2, 0.25) is 0 Å². The Labute approximate surface area is 119 Å².